The Bertz CT molecular complexity index is 1610. The zero-order valence-electron chi connectivity index (χ0n) is 36.8. The van der Waals surface area contributed by atoms with Crippen molar-refractivity contribution in [1.29, 1.82) is 0 Å². The maximum Gasteiger partial charge on any atom is 0.121 e. The van der Waals surface area contributed by atoms with Crippen LogP contribution in [0.4, 0.5) is 0 Å². The van der Waals surface area contributed by atoms with E-state index in [0.29, 0.717) is 34.8 Å². The maximum absolute atomic E-state index is 10.8. The van der Waals surface area contributed by atoms with Crippen LogP contribution in [-0.2, 0) is 38.5 Å². The van der Waals surface area contributed by atoms with Crippen LogP contribution in [0, 0.1) is 11.8 Å². The Morgan fingerprint density at radius 2 is 0.607 bits per heavy atom. The Balaban J connectivity index is 0.000000307. The van der Waals surface area contributed by atoms with Crippen molar-refractivity contribution in [2.45, 2.75) is 171 Å². The second-order valence-corrected chi connectivity index (χ2v) is 17.0. The molecule has 4 rings (SSSR count). The predicted molar refractivity (Wildman–Crippen MR) is 239 cm³/mol. The van der Waals surface area contributed by atoms with Gasteiger partial charge in [0.25, 0.3) is 0 Å². The molecule has 0 radical (unpaired) electrons. The molecule has 0 unspecified atom stereocenters. The van der Waals surface area contributed by atoms with E-state index in [4.69, 9.17) is 0 Å². The minimum Gasteiger partial charge on any atom is -0.508 e. The molecule has 0 aliphatic rings. The Morgan fingerprint density at radius 1 is 0.357 bits per heavy atom. The fraction of sp³-hybridized carbons (Fsp3) is 0.538. The van der Waals surface area contributed by atoms with E-state index in [1.54, 1.807) is 0 Å². The summed E-state index contributed by atoms with van der Waals surface area (Å²) in [5.41, 5.74) is 11.5. The molecule has 4 aromatic rings. The summed E-state index contributed by atoms with van der Waals surface area (Å²) in [6.45, 7) is 22.0. The number of rotatable bonds is 20. The van der Waals surface area contributed by atoms with Gasteiger partial charge in [-0.1, -0.05) is 156 Å². The van der Waals surface area contributed by atoms with Gasteiger partial charge in [0.2, 0.25) is 0 Å². The second-order valence-electron chi connectivity index (χ2n) is 17.0. The van der Waals surface area contributed by atoms with Gasteiger partial charge < -0.3 is 20.4 Å². The summed E-state index contributed by atoms with van der Waals surface area (Å²) in [5.74, 6) is 3.47. The van der Waals surface area contributed by atoms with E-state index in [1.807, 2.05) is 24.3 Å². The summed E-state index contributed by atoms with van der Waals surface area (Å²) in [6, 6.07) is 21.1. The largest absolute Gasteiger partial charge is 0.508 e. The van der Waals surface area contributed by atoms with Gasteiger partial charge in [0.15, 0.2) is 0 Å². The number of phenols is 4. The highest BCUT2D eigenvalue weighted by Crippen LogP contribution is 2.40. The van der Waals surface area contributed by atoms with Crippen molar-refractivity contribution >= 4 is 0 Å². The third-order valence-corrected chi connectivity index (χ3v) is 10.9. The minimum atomic E-state index is 0.277. The summed E-state index contributed by atoms with van der Waals surface area (Å²) in [4.78, 5) is 0. The lowest BCUT2D eigenvalue weighted by molar-refractivity contribution is 0.457. The molecule has 0 aliphatic carbocycles. The van der Waals surface area contributed by atoms with Crippen LogP contribution in [0.25, 0.3) is 0 Å². The van der Waals surface area contributed by atoms with Crippen LogP contribution >= 0.6 is 0 Å². The van der Waals surface area contributed by atoms with Gasteiger partial charge in [-0.25, -0.2) is 0 Å². The normalized spacial score (nSPS) is 11.5. The molecule has 4 heteroatoms. The Kier molecular flexibility index (Phi) is 19.4. The lowest BCUT2D eigenvalue weighted by atomic mass is 9.80. The molecule has 0 spiro atoms. The van der Waals surface area contributed by atoms with Gasteiger partial charge in [-0.05, 0) is 131 Å². The van der Waals surface area contributed by atoms with E-state index in [-0.39, 0.29) is 11.8 Å². The molecule has 4 nitrogen and oxygen atoms in total. The molecule has 0 atom stereocenters. The molecule has 308 valence electrons. The molecule has 0 bridgehead atoms. The van der Waals surface area contributed by atoms with Crippen LogP contribution in [0.2, 0.25) is 0 Å². The average Bonchev–Trinajstić information content (AvgIpc) is 3.15. The standard InChI is InChI=1S/C29H44O2.C23H32O2/c1-7-11-21-16-25(17-22(12-8-2)28(21)30)27(15-20(5)6)26-18-23(13-9-3)29(31)24(19-26)14-10-4;1-5-7-19-14-17(9-11-22(19)24)21(13-16(3)4)18-10-12-23(25)20(15-18)8-6-2/h16-20,27,30-31H,7-15H2,1-6H3;9-12,14-16,21,24-25H,5-8,13H2,1-4H3. The Labute approximate surface area is 341 Å². The van der Waals surface area contributed by atoms with Crippen molar-refractivity contribution in [3.05, 3.63) is 116 Å². The third-order valence-electron chi connectivity index (χ3n) is 10.9. The van der Waals surface area contributed by atoms with E-state index in [2.05, 4.69) is 106 Å². The highest BCUT2D eigenvalue weighted by Gasteiger charge is 2.23. The topological polar surface area (TPSA) is 80.9 Å². The number of hydrogen-bond donors (Lipinski definition) is 4. The highest BCUT2D eigenvalue weighted by atomic mass is 16.3. The van der Waals surface area contributed by atoms with E-state index in [1.165, 1.54) is 22.3 Å². The number of phenolic OH excluding ortho intramolecular Hbond substituents is 4. The summed E-state index contributed by atoms with van der Waals surface area (Å²) >= 11 is 0. The zero-order chi connectivity index (χ0) is 41.4. The lowest BCUT2D eigenvalue weighted by Crippen LogP contribution is -2.09. The van der Waals surface area contributed by atoms with Gasteiger partial charge in [-0.15, -0.1) is 0 Å². The smallest absolute Gasteiger partial charge is 0.121 e. The van der Waals surface area contributed by atoms with Crippen LogP contribution in [0.5, 0.6) is 23.0 Å². The second kappa shape index (κ2) is 23.3. The van der Waals surface area contributed by atoms with Crippen molar-refractivity contribution in [1.82, 2.24) is 0 Å². The predicted octanol–water partition coefficient (Wildman–Crippen LogP) is 14.3. The lowest BCUT2D eigenvalue weighted by Gasteiger charge is -2.25. The highest BCUT2D eigenvalue weighted by molar-refractivity contribution is 5.51. The first-order valence-electron chi connectivity index (χ1n) is 22.1. The van der Waals surface area contributed by atoms with Gasteiger partial charge in [0.1, 0.15) is 23.0 Å². The van der Waals surface area contributed by atoms with E-state index < -0.39 is 0 Å². The van der Waals surface area contributed by atoms with Crippen LogP contribution in [0.15, 0.2) is 60.7 Å². The fourth-order valence-corrected chi connectivity index (χ4v) is 8.27. The molecule has 0 fully saturated rings. The van der Waals surface area contributed by atoms with Crippen LogP contribution < -0.4 is 0 Å². The third kappa shape index (κ3) is 13.1. The van der Waals surface area contributed by atoms with Gasteiger partial charge in [-0.3, -0.25) is 0 Å². The zero-order valence-corrected chi connectivity index (χ0v) is 36.8. The molecular formula is C52H76O4. The Hall–Kier alpha value is -3.92. The maximum atomic E-state index is 10.8. The van der Waals surface area contributed by atoms with Crippen molar-refractivity contribution in [2.24, 2.45) is 11.8 Å². The quantitative estimate of drug-likeness (QED) is 0.0722. The average molecular weight is 765 g/mol. The van der Waals surface area contributed by atoms with Crippen molar-refractivity contribution < 1.29 is 20.4 Å². The van der Waals surface area contributed by atoms with Gasteiger partial charge in [0, 0.05) is 11.8 Å². The number of aromatic hydroxyl groups is 4. The summed E-state index contributed by atoms with van der Waals surface area (Å²) < 4.78 is 0. The molecule has 0 saturated carbocycles. The van der Waals surface area contributed by atoms with Crippen LogP contribution in [0.3, 0.4) is 0 Å². The van der Waals surface area contributed by atoms with Crippen molar-refractivity contribution in [3.8, 4) is 23.0 Å². The summed E-state index contributed by atoms with van der Waals surface area (Å²) in [6.07, 6.45) is 13.7. The molecular weight excluding hydrogens is 689 g/mol. The molecule has 4 aromatic carbocycles. The van der Waals surface area contributed by atoms with E-state index in [0.717, 1.165) is 123 Å². The Morgan fingerprint density at radius 3 is 0.875 bits per heavy atom. The van der Waals surface area contributed by atoms with Crippen LogP contribution in [-0.4, -0.2) is 20.4 Å². The number of benzene rings is 4. The first kappa shape index (κ1) is 46.5. The molecule has 4 N–H and O–H groups in total. The fourth-order valence-electron chi connectivity index (χ4n) is 8.27. The molecule has 0 saturated heterocycles. The molecule has 0 aliphatic heterocycles. The van der Waals surface area contributed by atoms with Crippen LogP contribution in [0.1, 0.15) is 188 Å². The summed E-state index contributed by atoms with van der Waals surface area (Å²) in [5, 5.41) is 41.9. The van der Waals surface area contributed by atoms with Gasteiger partial charge in [-0.2, -0.15) is 0 Å². The van der Waals surface area contributed by atoms with Crippen molar-refractivity contribution in [3.63, 3.8) is 0 Å². The monoisotopic (exact) mass is 765 g/mol. The minimum absolute atomic E-state index is 0.277. The summed E-state index contributed by atoms with van der Waals surface area (Å²) in [7, 11) is 0. The first-order valence-corrected chi connectivity index (χ1v) is 22.1. The molecule has 0 aromatic heterocycles. The van der Waals surface area contributed by atoms with Gasteiger partial charge in [0.05, 0.1) is 0 Å². The first-order chi connectivity index (χ1) is 26.8. The molecule has 0 amide bonds. The van der Waals surface area contributed by atoms with E-state index >= 15 is 0 Å². The molecule has 0 heterocycles. The van der Waals surface area contributed by atoms with Crippen molar-refractivity contribution in [2.75, 3.05) is 0 Å². The number of hydrogen-bond acceptors (Lipinski definition) is 4. The van der Waals surface area contributed by atoms with E-state index in [9.17, 15) is 20.4 Å². The SMILES string of the molecule is CCCc1cc(C(CC(C)C)c2cc(CCC)c(O)c(CCC)c2)cc(CCC)c1O.CCCc1cc(C(CC(C)C)c2ccc(O)c(CCC)c2)ccc1O. The van der Waals surface area contributed by atoms with Gasteiger partial charge >= 0.3 is 0 Å². The number of aryl methyl sites for hydroxylation is 6. The molecule has 56 heavy (non-hydrogen) atoms.